The summed E-state index contributed by atoms with van der Waals surface area (Å²) in [5.41, 5.74) is 3.66. The first-order valence-corrected chi connectivity index (χ1v) is 11.5. The number of carbonyl (C=O) groups is 1. The number of rotatable bonds is 7. The molecule has 2 heterocycles. The van der Waals surface area contributed by atoms with Gasteiger partial charge in [-0.1, -0.05) is 11.2 Å². The molecule has 2 aromatic rings. The summed E-state index contributed by atoms with van der Waals surface area (Å²) in [7, 11) is 0. The van der Waals surface area contributed by atoms with E-state index < -0.39 is 18.7 Å². The molecule has 1 aliphatic rings. The third kappa shape index (κ3) is 7.07. The molecule has 0 radical (unpaired) electrons. The molecule has 0 bridgehead atoms. The lowest BCUT2D eigenvalue weighted by Crippen LogP contribution is -2.54. The zero-order chi connectivity index (χ0) is 25.9. The molecule has 1 aliphatic heterocycles. The van der Waals surface area contributed by atoms with Gasteiger partial charge in [-0.25, -0.2) is 4.79 Å². The van der Waals surface area contributed by atoms with E-state index in [0.29, 0.717) is 31.9 Å². The van der Waals surface area contributed by atoms with E-state index in [2.05, 4.69) is 26.5 Å². The SMILES string of the molecule is Cc1cc(CN2CCN(C(=O)OC(C)C)[C@@H](C)C2)c(C)c(Nc2nnc(C[C@@H](O)C(F)(F)F)o2)c1. The Kier molecular flexibility index (Phi) is 8.26. The maximum atomic E-state index is 12.6. The molecule has 9 nitrogen and oxygen atoms in total. The van der Waals surface area contributed by atoms with Crippen molar-refractivity contribution in [2.24, 2.45) is 0 Å². The summed E-state index contributed by atoms with van der Waals surface area (Å²) in [5.74, 6) is -0.314. The monoisotopic (exact) mass is 499 g/mol. The molecule has 1 saturated heterocycles. The first-order valence-electron chi connectivity index (χ1n) is 11.5. The van der Waals surface area contributed by atoms with Gasteiger partial charge in [0.05, 0.1) is 12.5 Å². The van der Waals surface area contributed by atoms with Gasteiger partial charge in [-0.2, -0.15) is 13.2 Å². The van der Waals surface area contributed by atoms with Crippen LogP contribution in [0.3, 0.4) is 0 Å². The summed E-state index contributed by atoms with van der Waals surface area (Å²) in [5, 5.41) is 19.5. The van der Waals surface area contributed by atoms with E-state index in [1.54, 1.807) is 4.90 Å². The Morgan fingerprint density at radius 3 is 2.63 bits per heavy atom. The van der Waals surface area contributed by atoms with Gasteiger partial charge in [-0.05, 0) is 57.4 Å². The fourth-order valence-electron chi connectivity index (χ4n) is 3.97. The van der Waals surface area contributed by atoms with Crippen LogP contribution in [0.1, 0.15) is 43.4 Å². The Labute approximate surface area is 202 Å². The number of carbonyl (C=O) groups excluding carboxylic acids is 1. The van der Waals surface area contributed by atoms with Crippen molar-refractivity contribution < 1.29 is 32.2 Å². The van der Waals surface area contributed by atoms with Crippen molar-refractivity contribution >= 4 is 17.8 Å². The van der Waals surface area contributed by atoms with E-state index >= 15 is 0 Å². The van der Waals surface area contributed by atoms with Crippen LogP contribution in [0.2, 0.25) is 0 Å². The number of aromatic nitrogens is 2. The average Bonchev–Trinajstić information content (AvgIpc) is 3.17. The lowest BCUT2D eigenvalue weighted by molar-refractivity contribution is -0.204. The molecule has 0 spiro atoms. The maximum Gasteiger partial charge on any atom is 0.414 e. The van der Waals surface area contributed by atoms with Gasteiger partial charge in [0.2, 0.25) is 5.89 Å². The molecular formula is C23H32F3N5O4. The highest BCUT2D eigenvalue weighted by Crippen LogP contribution is 2.28. The molecule has 1 fully saturated rings. The Morgan fingerprint density at radius 2 is 2.00 bits per heavy atom. The van der Waals surface area contributed by atoms with Crippen LogP contribution in [0, 0.1) is 13.8 Å². The molecule has 35 heavy (non-hydrogen) atoms. The molecule has 0 saturated carbocycles. The molecule has 12 heteroatoms. The third-order valence-corrected chi connectivity index (χ3v) is 5.79. The van der Waals surface area contributed by atoms with Gasteiger partial charge < -0.3 is 24.5 Å². The van der Waals surface area contributed by atoms with Gasteiger partial charge in [0, 0.05) is 37.9 Å². The number of anilines is 2. The number of aliphatic hydroxyl groups excluding tert-OH is 1. The summed E-state index contributed by atoms with van der Waals surface area (Å²) >= 11 is 0. The van der Waals surface area contributed by atoms with Crippen LogP contribution in [0.25, 0.3) is 0 Å². The number of hydrogen-bond donors (Lipinski definition) is 2. The average molecular weight is 500 g/mol. The molecule has 0 aliphatic carbocycles. The molecule has 1 amide bonds. The molecule has 0 unspecified atom stereocenters. The van der Waals surface area contributed by atoms with Gasteiger partial charge in [0.15, 0.2) is 6.10 Å². The summed E-state index contributed by atoms with van der Waals surface area (Å²) in [6.07, 6.45) is -8.61. The number of aryl methyl sites for hydroxylation is 1. The number of nitrogens with zero attached hydrogens (tertiary/aromatic N) is 4. The number of hydrogen-bond acceptors (Lipinski definition) is 8. The number of nitrogens with one attached hydrogen (secondary N) is 1. The van der Waals surface area contributed by atoms with Crippen molar-refractivity contribution in [1.29, 1.82) is 0 Å². The predicted molar refractivity (Wildman–Crippen MR) is 122 cm³/mol. The topological polar surface area (TPSA) is 104 Å². The number of piperazine rings is 1. The summed E-state index contributed by atoms with van der Waals surface area (Å²) in [4.78, 5) is 16.3. The van der Waals surface area contributed by atoms with Crippen LogP contribution in [-0.4, -0.2) is 75.3 Å². The summed E-state index contributed by atoms with van der Waals surface area (Å²) < 4.78 is 48.3. The number of ether oxygens (including phenoxy) is 1. The smallest absolute Gasteiger partial charge is 0.414 e. The second-order valence-corrected chi connectivity index (χ2v) is 9.19. The molecule has 194 valence electrons. The van der Waals surface area contributed by atoms with Crippen molar-refractivity contribution in [2.45, 2.75) is 72.0 Å². The number of aliphatic hydroxyl groups is 1. The Bertz CT molecular complexity index is 1030. The van der Waals surface area contributed by atoms with Crippen LogP contribution in [0.5, 0.6) is 0 Å². The zero-order valence-electron chi connectivity index (χ0n) is 20.5. The van der Waals surface area contributed by atoms with Crippen molar-refractivity contribution in [3.63, 3.8) is 0 Å². The standard InChI is InChI=1S/C23H32F3N5O4/c1-13(2)34-22(33)31-7-6-30(11-15(31)4)12-17-8-14(3)9-18(16(17)5)27-21-29-28-20(35-21)10-19(32)23(24,25)26/h8-9,13,15,19,32H,6-7,10-12H2,1-5H3,(H,27,29)/t15-,19+/m0/s1. The van der Waals surface area contributed by atoms with Crippen LogP contribution < -0.4 is 5.32 Å². The molecule has 1 aromatic heterocycles. The second-order valence-electron chi connectivity index (χ2n) is 9.19. The zero-order valence-corrected chi connectivity index (χ0v) is 20.5. The van der Waals surface area contributed by atoms with Crippen molar-refractivity contribution in [3.8, 4) is 0 Å². The van der Waals surface area contributed by atoms with Crippen molar-refractivity contribution in [3.05, 3.63) is 34.7 Å². The van der Waals surface area contributed by atoms with Gasteiger partial charge in [-0.15, -0.1) is 5.10 Å². The van der Waals surface area contributed by atoms with E-state index in [-0.39, 0.29) is 30.1 Å². The van der Waals surface area contributed by atoms with Gasteiger partial charge >= 0.3 is 18.3 Å². The van der Waals surface area contributed by atoms with Crippen molar-refractivity contribution in [1.82, 2.24) is 20.0 Å². The van der Waals surface area contributed by atoms with E-state index in [9.17, 15) is 23.1 Å². The van der Waals surface area contributed by atoms with Gasteiger partial charge in [0.25, 0.3) is 0 Å². The number of benzene rings is 1. The Morgan fingerprint density at radius 1 is 1.29 bits per heavy atom. The fourth-order valence-corrected chi connectivity index (χ4v) is 3.97. The minimum Gasteiger partial charge on any atom is -0.447 e. The second kappa shape index (κ2) is 10.8. The van der Waals surface area contributed by atoms with Crippen LogP contribution >= 0.6 is 0 Å². The fraction of sp³-hybridized carbons (Fsp3) is 0.609. The summed E-state index contributed by atoms with van der Waals surface area (Å²) in [6, 6.07) is 3.90. The minimum atomic E-state index is -4.76. The van der Waals surface area contributed by atoms with Crippen LogP contribution in [0.4, 0.5) is 29.7 Å². The number of halogens is 3. The molecule has 2 N–H and O–H groups in total. The minimum absolute atomic E-state index is 0.00146. The molecular weight excluding hydrogens is 467 g/mol. The quantitative estimate of drug-likeness (QED) is 0.590. The predicted octanol–water partition coefficient (Wildman–Crippen LogP) is 3.95. The van der Waals surface area contributed by atoms with E-state index in [4.69, 9.17) is 9.15 Å². The molecule has 3 rings (SSSR count). The lowest BCUT2D eigenvalue weighted by atomic mass is 10.0. The number of alkyl halides is 3. The van der Waals surface area contributed by atoms with E-state index in [0.717, 1.165) is 16.7 Å². The summed E-state index contributed by atoms with van der Waals surface area (Å²) in [6.45, 7) is 12.1. The Balaban J connectivity index is 1.66. The normalized spacial score (nSPS) is 18.1. The van der Waals surface area contributed by atoms with E-state index in [1.807, 2.05) is 40.7 Å². The van der Waals surface area contributed by atoms with Gasteiger partial charge in [0.1, 0.15) is 0 Å². The van der Waals surface area contributed by atoms with Crippen LogP contribution in [0.15, 0.2) is 16.5 Å². The Hall–Kier alpha value is -2.86. The maximum absolute atomic E-state index is 12.6. The first kappa shape index (κ1) is 26.7. The van der Waals surface area contributed by atoms with E-state index in [1.165, 1.54) is 0 Å². The van der Waals surface area contributed by atoms with Gasteiger partial charge in [-0.3, -0.25) is 4.90 Å². The number of amides is 1. The lowest BCUT2D eigenvalue weighted by Gasteiger charge is -2.39. The third-order valence-electron chi connectivity index (χ3n) is 5.79. The largest absolute Gasteiger partial charge is 0.447 e. The molecule has 1 aromatic carbocycles. The van der Waals surface area contributed by atoms with Crippen molar-refractivity contribution in [2.75, 3.05) is 25.0 Å². The highest BCUT2D eigenvalue weighted by atomic mass is 19.4. The first-order chi connectivity index (χ1) is 16.3. The molecule has 2 atom stereocenters. The highest BCUT2D eigenvalue weighted by molar-refractivity contribution is 5.68. The highest BCUT2D eigenvalue weighted by Gasteiger charge is 2.39. The van der Waals surface area contributed by atoms with Crippen LogP contribution in [-0.2, 0) is 17.7 Å².